The van der Waals surface area contributed by atoms with Crippen molar-refractivity contribution >= 4 is 5.97 Å². The maximum Gasteiger partial charge on any atom is 0.334 e. The summed E-state index contributed by atoms with van der Waals surface area (Å²) in [6, 6.07) is 0.538. The van der Waals surface area contributed by atoms with Crippen LogP contribution in [0.25, 0.3) is 0 Å². The van der Waals surface area contributed by atoms with Crippen LogP contribution in [0.5, 0.6) is 0 Å². The number of carbonyl (C=O) groups excluding carboxylic acids is 1. The molecular weight excluding hydrogens is 190 g/mol. The topological polar surface area (TPSA) is 29.5 Å². The molecule has 1 aliphatic rings. The minimum atomic E-state index is -0.271. The molecule has 0 aromatic heterocycles. The molecule has 1 fully saturated rings. The Morgan fingerprint density at radius 1 is 1.60 bits per heavy atom. The van der Waals surface area contributed by atoms with Gasteiger partial charge >= 0.3 is 5.97 Å². The van der Waals surface area contributed by atoms with E-state index in [1.165, 1.54) is 12.8 Å². The molecule has 1 aliphatic carbocycles. The van der Waals surface area contributed by atoms with Crippen LogP contribution in [0, 0.1) is 5.92 Å². The lowest BCUT2D eigenvalue weighted by Crippen LogP contribution is -2.33. The monoisotopic (exact) mass is 211 g/mol. The molecule has 86 valence electrons. The van der Waals surface area contributed by atoms with Crippen molar-refractivity contribution in [2.45, 2.75) is 32.7 Å². The van der Waals surface area contributed by atoms with Crippen molar-refractivity contribution in [3.63, 3.8) is 0 Å². The number of nitrogens with zero attached hydrogens (tertiary/aromatic N) is 1. The number of hydrogen-bond donors (Lipinski definition) is 0. The Morgan fingerprint density at radius 2 is 2.20 bits per heavy atom. The van der Waals surface area contributed by atoms with Crippen LogP contribution in [0.3, 0.4) is 0 Å². The lowest BCUT2D eigenvalue weighted by Gasteiger charge is -2.24. The van der Waals surface area contributed by atoms with Crippen LogP contribution in [-0.2, 0) is 9.53 Å². The molecule has 0 N–H and O–H groups in total. The minimum Gasteiger partial charge on any atom is -0.463 e. The van der Waals surface area contributed by atoms with Gasteiger partial charge in [-0.3, -0.25) is 4.90 Å². The number of esters is 1. The van der Waals surface area contributed by atoms with E-state index in [1.807, 2.05) is 14.0 Å². The molecule has 0 aromatic rings. The smallest absolute Gasteiger partial charge is 0.334 e. The summed E-state index contributed by atoms with van der Waals surface area (Å²) in [4.78, 5) is 13.5. The third-order valence-corrected chi connectivity index (χ3v) is 3.00. The maximum absolute atomic E-state index is 11.3. The first-order valence-electron chi connectivity index (χ1n) is 5.61. The van der Waals surface area contributed by atoms with Crippen molar-refractivity contribution in [3.8, 4) is 0 Å². The Hall–Kier alpha value is -0.830. The lowest BCUT2D eigenvalue weighted by atomic mass is 10.1. The van der Waals surface area contributed by atoms with E-state index in [9.17, 15) is 4.79 Å². The lowest BCUT2D eigenvalue weighted by molar-refractivity contribution is -0.138. The van der Waals surface area contributed by atoms with Gasteiger partial charge in [-0.2, -0.15) is 0 Å². The van der Waals surface area contributed by atoms with Crippen molar-refractivity contribution in [2.75, 3.05) is 20.2 Å². The first-order valence-corrected chi connectivity index (χ1v) is 5.61. The molecule has 0 aliphatic heterocycles. The van der Waals surface area contributed by atoms with Gasteiger partial charge in [0.05, 0.1) is 6.61 Å². The van der Waals surface area contributed by atoms with Gasteiger partial charge in [-0.15, -0.1) is 0 Å². The first-order chi connectivity index (χ1) is 7.06. The highest BCUT2D eigenvalue weighted by molar-refractivity contribution is 5.88. The van der Waals surface area contributed by atoms with Gasteiger partial charge in [0, 0.05) is 18.2 Å². The average Bonchev–Trinajstić information content (AvgIpc) is 3.00. The summed E-state index contributed by atoms with van der Waals surface area (Å²) >= 11 is 0. The van der Waals surface area contributed by atoms with Gasteiger partial charge in [-0.05, 0) is 39.7 Å². The van der Waals surface area contributed by atoms with E-state index in [4.69, 9.17) is 4.74 Å². The number of ether oxygens (including phenoxy) is 1. The summed E-state index contributed by atoms with van der Waals surface area (Å²) in [5, 5.41) is 0. The van der Waals surface area contributed by atoms with Gasteiger partial charge in [0.25, 0.3) is 0 Å². The van der Waals surface area contributed by atoms with E-state index in [0.29, 0.717) is 24.8 Å². The van der Waals surface area contributed by atoms with Gasteiger partial charge in [-0.1, -0.05) is 6.58 Å². The molecule has 0 radical (unpaired) electrons. The fourth-order valence-corrected chi connectivity index (χ4v) is 1.68. The normalized spacial score (nSPS) is 17.6. The molecule has 0 spiro atoms. The molecule has 0 aromatic carbocycles. The zero-order valence-electron chi connectivity index (χ0n) is 9.95. The molecule has 1 rings (SSSR count). The first kappa shape index (κ1) is 12.2. The maximum atomic E-state index is 11.3. The molecule has 0 amide bonds. The van der Waals surface area contributed by atoms with E-state index in [-0.39, 0.29) is 5.97 Å². The van der Waals surface area contributed by atoms with Gasteiger partial charge in [0.1, 0.15) is 0 Å². The number of carbonyl (C=O) groups is 1. The highest BCUT2D eigenvalue weighted by Gasteiger charge is 2.30. The Labute approximate surface area is 92.1 Å². The van der Waals surface area contributed by atoms with Crippen LogP contribution < -0.4 is 0 Å². The fraction of sp³-hybridized carbons (Fsp3) is 0.750. The molecular formula is C12H21NO2. The zero-order chi connectivity index (χ0) is 11.4. The van der Waals surface area contributed by atoms with Crippen molar-refractivity contribution in [1.29, 1.82) is 0 Å². The molecule has 15 heavy (non-hydrogen) atoms. The molecule has 0 saturated heterocycles. The standard InChI is InChI=1S/C12H21NO2/c1-5-15-12(14)9(2)8-13(4)10(3)11-6-7-11/h10-11H,2,5-8H2,1,3-4H3. The average molecular weight is 211 g/mol. The van der Waals surface area contributed by atoms with E-state index < -0.39 is 0 Å². The molecule has 0 bridgehead atoms. The summed E-state index contributed by atoms with van der Waals surface area (Å²) in [6.45, 7) is 8.79. The van der Waals surface area contributed by atoms with Crippen LogP contribution in [0.15, 0.2) is 12.2 Å². The van der Waals surface area contributed by atoms with E-state index in [1.54, 1.807) is 0 Å². The number of rotatable bonds is 6. The predicted octanol–water partition coefficient (Wildman–Crippen LogP) is 1.84. The van der Waals surface area contributed by atoms with Crippen LogP contribution >= 0.6 is 0 Å². The van der Waals surface area contributed by atoms with Crippen LogP contribution in [-0.4, -0.2) is 37.1 Å². The zero-order valence-corrected chi connectivity index (χ0v) is 9.95. The third-order valence-electron chi connectivity index (χ3n) is 3.00. The van der Waals surface area contributed by atoms with Gasteiger partial charge in [0.15, 0.2) is 0 Å². The molecule has 1 unspecified atom stereocenters. The molecule has 3 heteroatoms. The van der Waals surface area contributed by atoms with E-state index in [2.05, 4.69) is 18.4 Å². The second-order valence-corrected chi connectivity index (χ2v) is 4.32. The summed E-state index contributed by atoms with van der Waals surface area (Å²) in [6.07, 6.45) is 2.63. The van der Waals surface area contributed by atoms with Crippen molar-refractivity contribution in [1.82, 2.24) is 4.90 Å². The summed E-state index contributed by atoms with van der Waals surface area (Å²) in [5.41, 5.74) is 0.548. The Morgan fingerprint density at radius 3 is 2.67 bits per heavy atom. The highest BCUT2D eigenvalue weighted by Crippen LogP contribution is 2.34. The second-order valence-electron chi connectivity index (χ2n) is 4.32. The van der Waals surface area contributed by atoms with Crippen LogP contribution in [0.2, 0.25) is 0 Å². The third kappa shape index (κ3) is 3.67. The molecule has 0 heterocycles. The molecule has 1 atom stereocenters. The highest BCUT2D eigenvalue weighted by atomic mass is 16.5. The largest absolute Gasteiger partial charge is 0.463 e. The SMILES string of the molecule is C=C(CN(C)C(C)C1CC1)C(=O)OCC. The van der Waals surface area contributed by atoms with E-state index >= 15 is 0 Å². The molecule has 1 saturated carbocycles. The van der Waals surface area contributed by atoms with Gasteiger partial charge in [-0.25, -0.2) is 4.79 Å². The summed E-state index contributed by atoms with van der Waals surface area (Å²) in [5.74, 6) is 0.539. The van der Waals surface area contributed by atoms with Crippen molar-refractivity contribution in [3.05, 3.63) is 12.2 Å². The van der Waals surface area contributed by atoms with Gasteiger partial charge < -0.3 is 4.74 Å². The second kappa shape index (κ2) is 5.31. The van der Waals surface area contributed by atoms with Crippen molar-refractivity contribution < 1.29 is 9.53 Å². The Bertz CT molecular complexity index is 246. The fourth-order valence-electron chi connectivity index (χ4n) is 1.68. The van der Waals surface area contributed by atoms with E-state index in [0.717, 1.165) is 5.92 Å². The minimum absolute atomic E-state index is 0.271. The number of hydrogen-bond acceptors (Lipinski definition) is 3. The van der Waals surface area contributed by atoms with Crippen molar-refractivity contribution in [2.24, 2.45) is 5.92 Å². The Balaban J connectivity index is 2.32. The quantitative estimate of drug-likeness (QED) is 0.496. The Kier molecular flexibility index (Phi) is 4.33. The predicted molar refractivity (Wildman–Crippen MR) is 60.6 cm³/mol. The van der Waals surface area contributed by atoms with Gasteiger partial charge in [0.2, 0.25) is 0 Å². The van der Waals surface area contributed by atoms with Crippen LogP contribution in [0.1, 0.15) is 26.7 Å². The summed E-state index contributed by atoms with van der Waals surface area (Å²) in [7, 11) is 2.04. The number of likely N-dealkylation sites (N-methyl/N-ethyl adjacent to an activating group) is 1. The summed E-state index contributed by atoms with van der Waals surface area (Å²) < 4.78 is 4.90. The van der Waals surface area contributed by atoms with Crippen LogP contribution in [0.4, 0.5) is 0 Å². The molecule has 3 nitrogen and oxygen atoms in total.